The Morgan fingerprint density at radius 3 is 2.52 bits per heavy atom. The van der Waals surface area contributed by atoms with Crippen LogP contribution in [0, 0.1) is 13.8 Å². The van der Waals surface area contributed by atoms with Gasteiger partial charge in [0.25, 0.3) is 0 Å². The van der Waals surface area contributed by atoms with E-state index in [2.05, 4.69) is 4.98 Å². The van der Waals surface area contributed by atoms with E-state index in [9.17, 15) is 19.8 Å². The first-order valence-corrected chi connectivity index (χ1v) is 6.42. The normalized spacial score (nSPS) is 15.8. The van der Waals surface area contributed by atoms with E-state index in [4.69, 9.17) is 0 Å². The number of hydrogen-bond acceptors (Lipinski definition) is 4. The lowest BCUT2D eigenvalue weighted by Gasteiger charge is -2.13. The highest BCUT2D eigenvalue weighted by molar-refractivity contribution is 6.38. The number of rotatable bonds is 1. The number of aliphatic hydroxyl groups is 2. The summed E-state index contributed by atoms with van der Waals surface area (Å²) in [4.78, 5) is 26.9. The van der Waals surface area contributed by atoms with Crippen molar-refractivity contribution in [1.82, 2.24) is 4.98 Å². The first kappa shape index (κ1) is 13.2. The standard InChI is InChI=1S/C16H13NO4/c1-7-3-4-9-10(5-7)17-8(2)13(9)14-15(20)11(18)6-12(19)16(14)21/h3-6,17-18,21H,1-2H3. The number of aliphatic hydroxyl groups excluding tert-OH is 2. The van der Waals surface area contributed by atoms with Gasteiger partial charge in [-0.15, -0.1) is 0 Å². The molecule has 1 heterocycles. The van der Waals surface area contributed by atoms with Crippen LogP contribution < -0.4 is 0 Å². The fourth-order valence-electron chi connectivity index (χ4n) is 2.62. The molecule has 0 bridgehead atoms. The molecule has 21 heavy (non-hydrogen) atoms. The fourth-order valence-corrected chi connectivity index (χ4v) is 2.62. The van der Waals surface area contributed by atoms with E-state index in [0.29, 0.717) is 11.3 Å². The fraction of sp³-hybridized carbons (Fsp3) is 0.125. The molecule has 3 rings (SSSR count). The lowest BCUT2D eigenvalue weighted by atomic mass is 9.91. The third-order valence-corrected chi connectivity index (χ3v) is 3.59. The minimum absolute atomic E-state index is 0.160. The van der Waals surface area contributed by atoms with Crippen LogP contribution >= 0.6 is 0 Å². The number of allylic oxidation sites excluding steroid dienone is 2. The first-order valence-electron chi connectivity index (χ1n) is 6.42. The lowest BCUT2D eigenvalue weighted by molar-refractivity contribution is -0.117. The Kier molecular flexibility index (Phi) is 2.73. The van der Waals surface area contributed by atoms with Crippen LogP contribution in [0.3, 0.4) is 0 Å². The SMILES string of the molecule is Cc1ccc2c(C3=C(O)C(=O)C=C(O)C3=O)c(C)[nH]c2c1. The van der Waals surface area contributed by atoms with Gasteiger partial charge in [-0.3, -0.25) is 9.59 Å². The molecule has 2 aromatic rings. The molecular weight excluding hydrogens is 270 g/mol. The molecule has 1 aromatic heterocycles. The van der Waals surface area contributed by atoms with E-state index in [1.807, 2.05) is 25.1 Å². The number of nitrogens with one attached hydrogen (secondary N) is 1. The molecule has 3 N–H and O–H groups in total. The zero-order valence-corrected chi connectivity index (χ0v) is 11.5. The molecule has 0 atom stereocenters. The van der Waals surface area contributed by atoms with Gasteiger partial charge >= 0.3 is 0 Å². The lowest BCUT2D eigenvalue weighted by Crippen LogP contribution is -2.18. The van der Waals surface area contributed by atoms with Gasteiger partial charge in [0, 0.05) is 28.2 Å². The zero-order valence-electron chi connectivity index (χ0n) is 11.5. The number of Topliss-reactive ketones (excluding diaryl/α,β-unsaturated/α-hetero) is 1. The quantitative estimate of drug-likeness (QED) is 0.702. The van der Waals surface area contributed by atoms with Crippen molar-refractivity contribution in [3.05, 3.63) is 52.6 Å². The second-order valence-corrected chi connectivity index (χ2v) is 5.12. The highest BCUT2D eigenvalue weighted by Crippen LogP contribution is 2.34. The molecular formula is C16H13NO4. The van der Waals surface area contributed by atoms with Gasteiger partial charge in [0.1, 0.15) is 0 Å². The number of hydrogen-bond donors (Lipinski definition) is 3. The van der Waals surface area contributed by atoms with Crippen molar-refractivity contribution in [3.63, 3.8) is 0 Å². The Balaban J connectivity index is 2.34. The second kappa shape index (κ2) is 4.34. The maximum atomic E-state index is 12.1. The number of carbonyl (C=O) groups excluding carboxylic acids is 2. The Bertz CT molecular complexity index is 868. The van der Waals surface area contributed by atoms with Gasteiger partial charge in [0.15, 0.2) is 11.5 Å². The van der Waals surface area contributed by atoms with Crippen LogP contribution in [0.15, 0.2) is 35.8 Å². The van der Waals surface area contributed by atoms with Crippen LogP contribution in [0.4, 0.5) is 0 Å². The summed E-state index contributed by atoms with van der Waals surface area (Å²) >= 11 is 0. The Hall–Kier alpha value is -2.82. The molecule has 0 aliphatic heterocycles. The number of fused-ring (bicyclic) bond motifs is 1. The number of carbonyl (C=O) groups is 2. The summed E-state index contributed by atoms with van der Waals surface area (Å²) in [6.45, 7) is 3.69. The van der Waals surface area contributed by atoms with Gasteiger partial charge < -0.3 is 15.2 Å². The summed E-state index contributed by atoms with van der Waals surface area (Å²) < 4.78 is 0. The van der Waals surface area contributed by atoms with Crippen molar-refractivity contribution in [3.8, 4) is 0 Å². The van der Waals surface area contributed by atoms with E-state index in [0.717, 1.165) is 22.5 Å². The number of H-pyrrole nitrogens is 1. The Morgan fingerprint density at radius 1 is 1.10 bits per heavy atom. The monoisotopic (exact) mass is 283 g/mol. The highest BCUT2D eigenvalue weighted by atomic mass is 16.3. The van der Waals surface area contributed by atoms with Crippen LogP contribution in [-0.4, -0.2) is 26.8 Å². The third-order valence-electron chi connectivity index (χ3n) is 3.59. The smallest absolute Gasteiger partial charge is 0.232 e. The summed E-state index contributed by atoms with van der Waals surface area (Å²) in [5.74, 6) is -2.82. The van der Waals surface area contributed by atoms with Gasteiger partial charge in [-0.2, -0.15) is 0 Å². The predicted molar refractivity (Wildman–Crippen MR) is 78.0 cm³/mol. The molecule has 5 nitrogen and oxygen atoms in total. The molecule has 5 heteroatoms. The van der Waals surface area contributed by atoms with Crippen LogP contribution in [0.1, 0.15) is 16.8 Å². The van der Waals surface area contributed by atoms with Crippen molar-refractivity contribution < 1.29 is 19.8 Å². The molecule has 1 aliphatic carbocycles. The van der Waals surface area contributed by atoms with E-state index in [-0.39, 0.29) is 5.57 Å². The number of aromatic amines is 1. The summed E-state index contributed by atoms with van der Waals surface area (Å²) in [6, 6.07) is 5.60. The highest BCUT2D eigenvalue weighted by Gasteiger charge is 2.32. The van der Waals surface area contributed by atoms with E-state index in [1.165, 1.54) is 0 Å². The number of ketones is 2. The molecule has 1 aliphatic rings. The van der Waals surface area contributed by atoms with Crippen LogP contribution in [0.5, 0.6) is 0 Å². The Labute approximate surface area is 120 Å². The van der Waals surface area contributed by atoms with Crippen LogP contribution in [0.2, 0.25) is 0 Å². The molecule has 0 amide bonds. The minimum atomic E-state index is -0.775. The van der Waals surface area contributed by atoms with Crippen molar-refractivity contribution in [2.45, 2.75) is 13.8 Å². The maximum Gasteiger partial charge on any atom is 0.232 e. The van der Waals surface area contributed by atoms with Crippen molar-refractivity contribution in [1.29, 1.82) is 0 Å². The molecule has 106 valence electrons. The average molecular weight is 283 g/mol. The molecule has 0 unspecified atom stereocenters. The third kappa shape index (κ3) is 1.86. The first-order chi connectivity index (χ1) is 9.90. The molecule has 0 fully saturated rings. The van der Waals surface area contributed by atoms with Crippen molar-refractivity contribution in [2.75, 3.05) is 0 Å². The maximum absolute atomic E-state index is 12.1. The van der Waals surface area contributed by atoms with Crippen molar-refractivity contribution >= 4 is 28.0 Å². The topological polar surface area (TPSA) is 90.4 Å². The van der Waals surface area contributed by atoms with E-state index < -0.39 is 23.1 Å². The summed E-state index contributed by atoms with van der Waals surface area (Å²) in [6.07, 6.45) is 0.732. The summed E-state index contributed by atoms with van der Waals surface area (Å²) in [5, 5.41) is 20.3. The van der Waals surface area contributed by atoms with Gasteiger partial charge in [0.05, 0.1) is 5.57 Å². The second-order valence-electron chi connectivity index (χ2n) is 5.12. The molecule has 1 aromatic carbocycles. The van der Waals surface area contributed by atoms with Gasteiger partial charge in [-0.05, 0) is 25.5 Å². The van der Waals surface area contributed by atoms with E-state index >= 15 is 0 Å². The molecule has 0 spiro atoms. The van der Waals surface area contributed by atoms with Gasteiger partial charge in [-0.25, -0.2) is 0 Å². The van der Waals surface area contributed by atoms with Gasteiger partial charge in [0.2, 0.25) is 11.6 Å². The predicted octanol–water partition coefficient (Wildman–Crippen LogP) is 2.65. The van der Waals surface area contributed by atoms with Crippen LogP contribution in [0.25, 0.3) is 16.5 Å². The Morgan fingerprint density at radius 2 is 1.81 bits per heavy atom. The molecule has 0 radical (unpaired) electrons. The van der Waals surface area contributed by atoms with E-state index in [1.54, 1.807) is 6.92 Å². The van der Waals surface area contributed by atoms with Crippen LogP contribution in [-0.2, 0) is 9.59 Å². The largest absolute Gasteiger partial charge is 0.504 e. The number of aromatic nitrogens is 1. The minimum Gasteiger partial charge on any atom is -0.504 e. The van der Waals surface area contributed by atoms with Gasteiger partial charge in [-0.1, -0.05) is 12.1 Å². The summed E-state index contributed by atoms with van der Waals surface area (Å²) in [5.41, 5.74) is 2.78. The number of benzene rings is 1. The average Bonchev–Trinajstić information content (AvgIpc) is 2.73. The summed E-state index contributed by atoms with van der Waals surface area (Å²) in [7, 11) is 0. The number of aryl methyl sites for hydroxylation is 2. The molecule has 0 saturated heterocycles. The zero-order chi connectivity index (χ0) is 15.3. The van der Waals surface area contributed by atoms with Crippen molar-refractivity contribution in [2.24, 2.45) is 0 Å². The molecule has 0 saturated carbocycles.